The molecule has 0 amide bonds. The third-order valence-corrected chi connectivity index (χ3v) is 6.12. The minimum atomic E-state index is -0.880. The molecule has 1 saturated heterocycles. The maximum Gasteiger partial charge on any atom is 0.170 e. The summed E-state index contributed by atoms with van der Waals surface area (Å²) in [4.78, 5) is 8.32. The van der Waals surface area contributed by atoms with Gasteiger partial charge in [-0.1, -0.05) is 6.07 Å². The number of thiazole rings is 1. The van der Waals surface area contributed by atoms with E-state index < -0.39 is 5.60 Å². The van der Waals surface area contributed by atoms with Crippen LogP contribution < -0.4 is 4.72 Å². The van der Waals surface area contributed by atoms with E-state index >= 15 is 0 Å². The first kappa shape index (κ1) is 15.5. The Balaban J connectivity index is 1.56. The van der Waals surface area contributed by atoms with Crippen LogP contribution in [0.25, 0.3) is 10.9 Å². The number of benzene rings is 1. The summed E-state index contributed by atoms with van der Waals surface area (Å²) in [6, 6.07) is 6.17. The molecule has 0 unspecified atom stereocenters. The molecule has 8 heteroatoms. The molecule has 0 spiro atoms. The Labute approximate surface area is 146 Å². The number of hydrogen-bond donors (Lipinski definition) is 3. The van der Waals surface area contributed by atoms with E-state index in [2.05, 4.69) is 20.8 Å². The monoisotopic (exact) mass is 358 g/mol. The van der Waals surface area contributed by atoms with Gasteiger partial charge >= 0.3 is 0 Å². The molecule has 6 nitrogen and oxygen atoms in total. The van der Waals surface area contributed by atoms with Gasteiger partial charge in [0.25, 0.3) is 0 Å². The highest BCUT2D eigenvalue weighted by molar-refractivity contribution is 8.02. The standard InChI is InChI=1S/C16H14N4O2S2/c1-9-2-3-11(14-13(9)10(4-17)5-18-14)20-24-15-19-6-12(23-15)16(21)7-22-8-16/h2-3,5-6,18,20-21H,7-8H2,1H3. The van der Waals surface area contributed by atoms with Crippen LogP contribution in [0.5, 0.6) is 0 Å². The number of nitriles is 1. The fourth-order valence-corrected chi connectivity index (χ4v) is 4.39. The molecule has 0 saturated carbocycles. The van der Waals surface area contributed by atoms with Crippen LogP contribution in [0.3, 0.4) is 0 Å². The van der Waals surface area contributed by atoms with Gasteiger partial charge in [-0.15, -0.1) is 11.3 Å². The predicted molar refractivity (Wildman–Crippen MR) is 94.1 cm³/mol. The minimum absolute atomic E-state index is 0.324. The highest BCUT2D eigenvalue weighted by Crippen LogP contribution is 2.37. The number of anilines is 1. The van der Waals surface area contributed by atoms with Crippen LogP contribution in [0.1, 0.15) is 16.0 Å². The molecule has 2 aromatic heterocycles. The third-order valence-electron chi connectivity index (χ3n) is 4.04. The molecule has 0 radical (unpaired) electrons. The van der Waals surface area contributed by atoms with Gasteiger partial charge in [0.15, 0.2) is 4.34 Å². The zero-order valence-electron chi connectivity index (χ0n) is 12.8. The van der Waals surface area contributed by atoms with E-state index in [9.17, 15) is 10.4 Å². The van der Waals surface area contributed by atoms with Crippen molar-refractivity contribution in [2.75, 3.05) is 17.9 Å². The molecule has 0 atom stereocenters. The third kappa shape index (κ3) is 2.46. The van der Waals surface area contributed by atoms with E-state index in [4.69, 9.17) is 4.74 Å². The van der Waals surface area contributed by atoms with Crippen molar-refractivity contribution in [3.8, 4) is 6.07 Å². The van der Waals surface area contributed by atoms with Gasteiger partial charge in [-0.25, -0.2) is 4.98 Å². The number of H-pyrrole nitrogens is 1. The number of rotatable bonds is 4. The molecule has 0 aliphatic carbocycles. The Morgan fingerprint density at radius 1 is 1.50 bits per heavy atom. The van der Waals surface area contributed by atoms with Gasteiger partial charge in [0.2, 0.25) is 0 Å². The Morgan fingerprint density at radius 3 is 3.04 bits per heavy atom. The van der Waals surface area contributed by atoms with Gasteiger partial charge in [0.05, 0.1) is 34.9 Å². The highest BCUT2D eigenvalue weighted by Gasteiger charge is 2.39. The summed E-state index contributed by atoms with van der Waals surface area (Å²) in [5.41, 5.74) is 2.61. The van der Waals surface area contributed by atoms with Crippen LogP contribution in [-0.4, -0.2) is 28.3 Å². The van der Waals surface area contributed by atoms with E-state index in [1.807, 2.05) is 19.1 Å². The summed E-state index contributed by atoms with van der Waals surface area (Å²) in [6.07, 6.45) is 3.42. The van der Waals surface area contributed by atoms with Crippen LogP contribution in [-0.2, 0) is 10.3 Å². The number of nitrogens with zero attached hydrogens (tertiary/aromatic N) is 2. The van der Waals surface area contributed by atoms with Gasteiger partial charge in [0, 0.05) is 29.7 Å². The second-order valence-electron chi connectivity index (χ2n) is 5.71. The van der Waals surface area contributed by atoms with Crippen LogP contribution in [0.15, 0.2) is 28.9 Å². The van der Waals surface area contributed by atoms with E-state index in [1.165, 1.54) is 23.3 Å². The molecule has 0 bridgehead atoms. The number of fused-ring (bicyclic) bond motifs is 1. The first-order valence-corrected chi connectivity index (χ1v) is 8.94. The lowest BCUT2D eigenvalue weighted by Gasteiger charge is -2.34. The average molecular weight is 358 g/mol. The van der Waals surface area contributed by atoms with Crippen LogP contribution in [0.4, 0.5) is 5.69 Å². The molecular weight excluding hydrogens is 344 g/mol. The molecule has 3 aromatic rings. The normalized spacial score (nSPS) is 15.9. The predicted octanol–water partition coefficient (Wildman–Crippen LogP) is 3.14. The minimum Gasteiger partial charge on any atom is -0.379 e. The van der Waals surface area contributed by atoms with Crippen molar-refractivity contribution in [2.24, 2.45) is 0 Å². The van der Waals surface area contributed by atoms with Gasteiger partial charge in [-0.05, 0) is 18.6 Å². The van der Waals surface area contributed by atoms with Gasteiger partial charge in [-0.2, -0.15) is 5.26 Å². The van der Waals surface area contributed by atoms with E-state index in [0.29, 0.717) is 18.8 Å². The molecule has 1 aliphatic heterocycles. The fraction of sp³-hybridized carbons (Fsp3) is 0.250. The van der Waals surface area contributed by atoms with Crippen LogP contribution in [0.2, 0.25) is 0 Å². The number of nitrogens with one attached hydrogen (secondary N) is 2. The summed E-state index contributed by atoms with van der Waals surface area (Å²) in [5.74, 6) is 0. The molecular formula is C16H14N4O2S2. The average Bonchev–Trinajstić information content (AvgIpc) is 3.19. The molecule has 1 fully saturated rings. The number of aliphatic hydroxyl groups is 1. The highest BCUT2D eigenvalue weighted by atomic mass is 32.2. The lowest BCUT2D eigenvalue weighted by atomic mass is 10.0. The maximum atomic E-state index is 10.3. The Bertz CT molecular complexity index is 953. The van der Waals surface area contributed by atoms with Crippen molar-refractivity contribution in [3.63, 3.8) is 0 Å². The number of hydrogen-bond acceptors (Lipinski definition) is 7. The second-order valence-corrected chi connectivity index (χ2v) is 7.80. The molecule has 3 N–H and O–H groups in total. The van der Waals surface area contributed by atoms with Gasteiger partial charge in [0.1, 0.15) is 11.7 Å². The summed E-state index contributed by atoms with van der Waals surface area (Å²) >= 11 is 2.84. The SMILES string of the molecule is Cc1ccc(NSc2ncc(C3(O)COC3)s2)c2[nH]cc(C#N)c12. The lowest BCUT2D eigenvalue weighted by Crippen LogP contribution is -2.45. The first-order chi connectivity index (χ1) is 11.6. The first-order valence-electron chi connectivity index (χ1n) is 7.31. The summed E-state index contributed by atoms with van der Waals surface area (Å²) in [7, 11) is 0. The molecule has 1 aromatic carbocycles. The lowest BCUT2D eigenvalue weighted by molar-refractivity contribution is -0.182. The molecule has 1 aliphatic rings. The number of aromatic nitrogens is 2. The summed E-state index contributed by atoms with van der Waals surface area (Å²) in [6.45, 7) is 2.64. The van der Waals surface area contributed by atoms with Crippen molar-refractivity contribution in [1.29, 1.82) is 5.26 Å². The number of ether oxygens (including phenoxy) is 1. The van der Waals surface area contributed by atoms with Crippen LogP contribution in [0, 0.1) is 18.3 Å². The Morgan fingerprint density at radius 2 is 2.33 bits per heavy atom. The van der Waals surface area contributed by atoms with Crippen molar-refractivity contribution >= 4 is 39.9 Å². The second kappa shape index (κ2) is 5.79. The van der Waals surface area contributed by atoms with E-state index in [1.54, 1.807) is 12.4 Å². The molecule has 122 valence electrons. The zero-order chi connectivity index (χ0) is 16.7. The van der Waals surface area contributed by atoms with E-state index in [0.717, 1.165) is 31.4 Å². The molecule has 3 heterocycles. The quantitative estimate of drug-likeness (QED) is 0.620. The Hall–Kier alpha value is -2.05. The van der Waals surface area contributed by atoms with Crippen molar-refractivity contribution in [2.45, 2.75) is 16.9 Å². The summed E-state index contributed by atoms with van der Waals surface area (Å²) < 4.78 is 9.17. The van der Waals surface area contributed by atoms with Gasteiger partial charge < -0.3 is 19.5 Å². The van der Waals surface area contributed by atoms with Gasteiger partial charge in [-0.3, -0.25) is 0 Å². The maximum absolute atomic E-state index is 10.3. The van der Waals surface area contributed by atoms with Crippen molar-refractivity contribution in [3.05, 3.63) is 40.5 Å². The van der Waals surface area contributed by atoms with Crippen molar-refractivity contribution in [1.82, 2.24) is 9.97 Å². The topological polar surface area (TPSA) is 94.0 Å². The number of aryl methyl sites for hydroxylation is 1. The fourth-order valence-electron chi connectivity index (χ4n) is 2.65. The Kier molecular flexibility index (Phi) is 3.73. The smallest absolute Gasteiger partial charge is 0.170 e. The zero-order valence-corrected chi connectivity index (χ0v) is 14.4. The largest absolute Gasteiger partial charge is 0.379 e. The van der Waals surface area contributed by atoms with Crippen molar-refractivity contribution < 1.29 is 9.84 Å². The summed E-state index contributed by atoms with van der Waals surface area (Å²) in [5, 5.41) is 20.4. The number of aromatic amines is 1. The molecule has 24 heavy (non-hydrogen) atoms. The van der Waals surface area contributed by atoms with E-state index in [-0.39, 0.29) is 0 Å². The van der Waals surface area contributed by atoms with Crippen LogP contribution >= 0.6 is 23.3 Å². The molecule has 4 rings (SSSR count).